The monoisotopic (exact) mass is 785 g/mol. The number of thioether (sulfide) groups is 1. The smallest absolute Gasteiger partial charge is 0.264 e. The van der Waals surface area contributed by atoms with Crippen LogP contribution in [0.2, 0.25) is 0 Å². The summed E-state index contributed by atoms with van der Waals surface area (Å²) < 4.78 is 66.2. The first-order valence-electron chi connectivity index (χ1n) is 17.7. The van der Waals surface area contributed by atoms with Crippen molar-refractivity contribution in [2.45, 2.75) is 50.8 Å². The second-order valence-electron chi connectivity index (χ2n) is 12.9. The molecule has 0 amide bonds. The first-order valence-corrected chi connectivity index (χ1v) is 22.6. The SMILES string of the molecule is CCC(/C=C1\Sc2ccc3ccccc3c2N1CCCS(=O)(=O)O)=C\c1sc2ccc3ccccc3c2c1CCCS(=O)(=O)O.CCc1ccccc1. The van der Waals surface area contributed by atoms with Gasteiger partial charge in [-0.1, -0.05) is 117 Å². The van der Waals surface area contributed by atoms with Crippen molar-refractivity contribution in [2.75, 3.05) is 23.0 Å². The normalized spacial score (nSPS) is 14.2. The predicted octanol–water partition coefficient (Wildman–Crippen LogP) is 10.8. The lowest BCUT2D eigenvalue weighted by atomic mass is 9.99. The zero-order chi connectivity index (χ0) is 37.6. The fourth-order valence-corrected chi connectivity index (χ4v) is 10.1. The highest BCUT2D eigenvalue weighted by molar-refractivity contribution is 8.03. The van der Waals surface area contributed by atoms with E-state index < -0.39 is 20.2 Å². The maximum atomic E-state index is 11.6. The zero-order valence-electron chi connectivity index (χ0n) is 29.7. The Morgan fingerprint density at radius 3 is 2.02 bits per heavy atom. The number of hydrogen-bond acceptors (Lipinski definition) is 7. The lowest BCUT2D eigenvalue weighted by molar-refractivity contribution is 0.479. The summed E-state index contributed by atoms with van der Waals surface area (Å²) in [4.78, 5) is 4.29. The third-order valence-corrected chi connectivity index (χ3v) is 13.1. The number of benzene rings is 5. The molecule has 0 saturated carbocycles. The summed E-state index contributed by atoms with van der Waals surface area (Å²) in [5, 5.41) is 6.49. The van der Waals surface area contributed by atoms with E-state index in [0.717, 1.165) is 76.1 Å². The number of thiophene rings is 1. The Morgan fingerprint density at radius 2 is 1.36 bits per heavy atom. The number of fused-ring (bicyclic) bond motifs is 6. The molecule has 2 heterocycles. The highest BCUT2D eigenvalue weighted by Gasteiger charge is 2.27. The molecule has 0 unspecified atom stereocenters. The van der Waals surface area contributed by atoms with Crippen molar-refractivity contribution in [1.82, 2.24) is 0 Å². The van der Waals surface area contributed by atoms with Crippen molar-refractivity contribution in [2.24, 2.45) is 0 Å². The zero-order valence-corrected chi connectivity index (χ0v) is 33.0. The van der Waals surface area contributed by atoms with E-state index in [1.54, 1.807) is 23.1 Å². The summed E-state index contributed by atoms with van der Waals surface area (Å²) in [6.45, 7) is 4.68. The molecular formula is C42H43NO6S4. The molecule has 0 spiro atoms. The summed E-state index contributed by atoms with van der Waals surface area (Å²) in [6, 6.07) is 35.2. The summed E-state index contributed by atoms with van der Waals surface area (Å²) in [5.74, 6) is -0.620. The van der Waals surface area contributed by atoms with E-state index in [1.165, 1.54) is 5.56 Å². The van der Waals surface area contributed by atoms with Crippen LogP contribution in [0, 0.1) is 0 Å². The molecule has 7 nitrogen and oxygen atoms in total. The Morgan fingerprint density at radius 1 is 0.736 bits per heavy atom. The summed E-state index contributed by atoms with van der Waals surface area (Å²) in [7, 11) is -8.17. The number of nitrogens with zero attached hydrogens (tertiary/aromatic N) is 1. The Balaban J connectivity index is 0.000000533. The molecule has 11 heteroatoms. The molecular weight excluding hydrogens is 743 g/mol. The van der Waals surface area contributed by atoms with Crippen LogP contribution in [0.25, 0.3) is 37.7 Å². The molecule has 0 atom stereocenters. The average molecular weight is 786 g/mol. The lowest BCUT2D eigenvalue weighted by Crippen LogP contribution is -2.22. The predicted molar refractivity (Wildman–Crippen MR) is 224 cm³/mol. The lowest BCUT2D eigenvalue weighted by Gasteiger charge is -2.22. The second kappa shape index (κ2) is 17.0. The standard InChI is InChI=1S/C34H33NO6S4.C8H10/c1-2-23(21-31-28(13-7-19-44(36,37)38)33-26-11-5-3-9-24(26)14-16-29(33)42-31)22-32-35(18-8-20-45(39,40)41)34-27-12-6-4-10-25(27)15-17-30(34)43-32;1-2-8-6-4-3-5-7-8/h3-6,9-12,14-17,21-22H,2,7-8,13,18-20H2,1H3,(H,36,37,38)(H,39,40,41);3-7H,2H2,1H3/b23-21+,32-22-;. The van der Waals surface area contributed by atoms with Gasteiger partial charge in [0.25, 0.3) is 20.2 Å². The first-order chi connectivity index (χ1) is 25.4. The average Bonchev–Trinajstić information content (AvgIpc) is 3.68. The van der Waals surface area contributed by atoms with Gasteiger partial charge in [0.2, 0.25) is 0 Å². The third kappa shape index (κ3) is 9.78. The molecule has 5 aromatic carbocycles. The molecule has 276 valence electrons. The van der Waals surface area contributed by atoms with Gasteiger partial charge in [0.15, 0.2) is 0 Å². The van der Waals surface area contributed by atoms with Crippen molar-refractivity contribution < 1.29 is 25.9 Å². The Hall–Kier alpha value is -3.97. The van der Waals surface area contributed by atoms with E-state index in [1.807, 2.05) is 30.3 Å². The van der Waals surface area contributed by atoms with Gasteiger partial charge >= 0.3 is 0 Å². The summed E-state index contributed by atoms with van der Waals surface area (Å²) >= 11 is 3.31. The van der Waals surface area contributed by atoms with Crippen molar-refractivity contribution in [3.63, 3.8) is 0 Å². The van der Waals surface area contributed by atoms with E-state index >= 15 is 0 Å². The third-order valence-electron chi connectivity index (χ3n) is 9.22. The van der Waals surface area contributed by atoms with Crippen LogP contribution in [0.5, 0.6) is 0 Å². The minimum atomic E-state index is -4.09. The van der Waals surface area contributed by atoms with Gasteiger partial charge in [-0.2, -0.15) is 16.8 Å². The molecule has 0 radical (unpaired) electrons. The van der Waals surface area contributed by atoms with E-state index in [0.29, 0.717) is 19.4 Å². The minimum absolute atomic E-state index is 0.270. The number of anilines is 1. The molecule has 0 fully saturated rings. The number of allylic oxidation sites excluding steroid dienone is 2. The molecule has 1 aromatic heterocycles. The Kier molecular flexibility index (Phi) is 12.4. The number of aryl methyl sites for hydroxylation is 2. The molecule has 1 aliphatic heterocycles. The highest BCUT2D eigenvalue weighted by Crippen LogP contribution is 2.50. The van der Waals surface area contributed by atoms with Crippen molar-refractivity contribution in [3.8, 4) is 0 Å². The van der Waals surface area contributed by atoms with Gasteiger partial charge in [0, 0.05) is 31.8 Å². The van der Waals surface area contributed by atoms with Crippen LogP contribution >= 0.6 is 23.1 Å². The Labute approximate surface area is 320 Å². The molecule has 1 aliphatic rings. The highest BCUT2D eigenvalue weighted by atomic mass is 32.2. The van der Waals surface area contributed by atoms with Crippen LogP contribution in [0.15, 0.2) is 125 Å². The van der Waals surface area contributed by atoms with Gasteiger partial charge in [-0.15, -0.1) is 11.3 Å². The molecule has 0 saturated heterocycles. The molecule has 0 bridgehead atoms. The molecule has 0 aliphatic carbocycles. The maximum Gasteiger partial charge on any atom is 0.264 e. The minimum Gasteiger partial charge on any atom is -0.334 e. The molecule has 2 N–H and O–H groups in total. The van der Waals surface area contributed by atoms with Gasteiger partial charge in [-0.3, -0.25) is 9.11 Å². The quantitative estimate of drug-likeness (QED) is 0.118. The van der Waals surface area contributed by atoms with Crippen LogP contribution in [-0.2, 0) is 33.1 Å². The number of hydrogen-bond donors (Lipinski definition) is 2. The van der Waals surface area contributed by atoms with Crippen LogP contribution in [0.4, 0.5) is 5.69 Å². The topological polar surface area (TPSA) is 112 Å². The van der Waals surface area contributed by atoms with Crippen LogP contribution in [0.3, 0.4) is 0 Å². The van der Waals surface area contributed by atoms with Crippen LogP contribution < -0.4 is 4.90 Å². The fraction of sp³-hybridized carbons (Fsp3) is 0.238. The van der Waals surface area contributed by atoms with E-state index in [-0.39, 0.29) is 17.9 Å². The van der Waals surface area contributed by atoms with Gasteiger partial charge in [-0.25, -0.2) is 0 Å². The Bertz CT molecular complexity index is 2520. The van der Waals surface area contributed by atoms with Crippen LogP contribution in [0.1, 0.15) is 49.1 Å². The van der Waals surface area contributed by atoms with E-state index in [9.17, 15) is 25.9 Å². The van der Waals surface area contributed by atoms with E-state index in [4.69, 9.17) is 0 Å². The van der Waals surface area contributed by atoms with Gasteiger partial charge in [0.1, 0.15) is 0 Å². The maximum absolute atomic E-state index is 11.6. The summed E-state index contributed by atoms with van der Waals surface area (Å²) in [5.41, 5.74) is 4.58. The first kappa shape index (κ1) is 38.7. The van der Waals surface area contributed by atoms with E-state index in [2.05, 4.69) is 104 Å². The summed E-state index contributed by atoms with van der Waals surface area (Å²) in [6.07, 6.45) is 7.27. The van der Waals surface area contributed by atoms with Crippen LogP contribution in [-0.4, -0.2) is 44.0 Å². The van der Waals surface area contributed by atoms with Gasteiger partial charge in [0.05, 0.1) is 22.2 Å². The largest absolute Gasteiger partial charge is 0.334 e. The second-order valence-corrected chi connectivity index (χ2v) is 18.2. The number of rotatable bonds is 12. The molecule has 6 aromatic rings. The fourth-order valence-electron chi connectivity index (χ4n) is 6.64. The van der Waals surface area contributed by atoms with Gasteiger partial charge < -0.3 is 4.90 Å². The van der Waals surface area contributed by atoms with Crippen molar-refractivity contribution in [1.29, 1.82) is 0 Å². The molecule has 53 heavy (non-hydrogen) atoms. The molecule has 7 rings (SSSR count). The van der Waals surface area contributed by atoms with Crippen molar-refractivity contribution in [3.05, 3.63) is 136 Å². The van der Waals surface area contributed by atoms with Gasteiger partial charge in [-0.05, 0) is 89.2 Å². The van der Waals surface area contributed by atoms with Crippen molar-refractivity contribution >= 4 is 86.7 Å².